The number of benzene rings is 1. The van der Waals surface area contributed by atoms with Crippen LogP contribution in [0.2, 0.25) is 0 Å². The smallest absolute Gasteiger partial charge is 0.133 e. The molecule has 2 aliphatic rings. The van der Waals surface area contributed by atoms with Crippen LogP contribution in [-0.4, -0.2) is 55.3 Å². The molecule has 0 unspecified atom stereocenters. The van der Waals surface area contributed by atoms with Gasteiger partial charge in [-0.3, -0.25) is 4.90 Å². The number of thiophene rings is 1. The average molecular weight is 437 g/mol. The first-order chi connectivity index (χ1) is 15.2. The topological polar surface area (TPSA) is 40.6 Å². The van der Waals surface area contributed by atoms with Crippen molar-refractivity contribution in [1.82, 2.24) is 15.2 Å². The van der Waals surface area contributed by atoms with E-state index in [4.69, 9.17) is 9.72 Å². The number of aryl methyl sites for hydroxylation is 1. The van der Waals surface area contributed by atoms with Gasteiger partial charge in [-0.1, -0.05) is 18.2 Å². The van der Waals surface area contributed by atoms with Crippen LogP contribution in [-0.2, 0) is 17.8 Å². The molecule has 0 saturated carbocycles. The summed E-state index contributed by atoms with van der Waals surface area (Å²) in [5.74, 6) is 1.13. The van der Waals surface area contributed by atoms with Gasteiger partial charge in [0.15, 0.2) is 0 Å². The minimum Gasteiger partial charge on any atom is -0.378 e. The van der Waals surface area contributed by atoms with Crippen LogP contribution in [0, 0.1) is 6.92 Å². The molecule has 1 aromatic carbocycles. The number of likely N-dealkylation sites (tertiary alicyclic amines) is 1. The molecule has 31 heavy (non-hydrogen) atoms. The maximum atomic E-state index is 5.58. The van der Waals surface area contributed by atoms with Gasteiger partial charge in [-0.2, -0.15) is 0 Å². The van der Waals surface area contributed by atoms with Crippen LogP contribution in [0.4, 0.5) is 5.82 Å². The van der Waals surface area contributed by atoms with E-state index in [0.717, 1.165) is 50.7 Å². The number of hydrogen-bond acceptors (Lipinski definition) is 6. The number of fused-ring (bicyclic) bond motifs is 1. The van der Waals surface area contributed by atoms with E-state index in [0.29, 0.717) is 6.04 Å². The highest BCUT2D eigenvalue weighted by Gasteiger charge is 2.21. The molecule has 2 saturated heterocycles. The SMILES string of the molecule is Cc1ccc2cc(CNC3CCN(Cc4cccs4)CC3)c(N3CCOCC3)nc2c1. The zero-order valence-corrected chi connectivity index (χ0v) is 19.2. The van der Waals surface area contributed by atoms with Crippen molar-refractivity contribution in [3.63, 3.8) is 0 Å². The van der Waals surface area contributed by atoms with Crippen LogP contribution < -0.4 is 10.2 Å². The fourth-order valence-corrected chi connectivity index (χ4v) is 5.41. The summed E-state index contributed by atoms with van der Waals surface area (Å²) in [6.07, 6.45) is 2.41. The maximum absolute atomic E-state index is 5.58. The molecule has 3 aromatic rings. The second-order valence-electron chi connectivity index (χ2n) is 8.78. The van der Waals surface area contributed by atoms with Crippen LogP contribution in [0.1, 0.15) is 28.8 Å². The molecular formula is C25H32N4OS. The van der Waals surface area contributed by atoms with Crippen LogP contribution >= 0.6 is 11.3 Å². The molecule has 0 bridgehead atoms. The third kappa shape index (κ3) is 5.09. The second kappa shape index (κ2) is 9.65. The predicted molar refractivity (Wildman–Crippen MR) is 129 cm³/mol. The number of piperidine rings is 1. The lowest BCUT2D eigenvalue weighted by Crippen LogP contribution is -2.42. The number of morpholine rings is 1. The number of hydrogen-bond donors (Lipinski definition) is 1. The van der Waals surface area contributed by atoms with Crippen molar-refractivity contribution >= 4 is 28.1 Å². The highest BCUT2D eigenvalue weighted by atomic mass is 32.1. The molecule has 2 fully saturated rings. The van der Waals surface area contributed by atoms with E-state index in [1.807, 2.05) is 11.3 Å². The molecule has 0 radical (unpaired) electrons. The van der Waals surface area contributed by atoms with Crippen molar-refractivity contribution in [2.24, 2.45) is 0 Å². The lowest BCUT2D eigenvalue weighted by molar-refractivity contribution is 0.122. The van der Waals surface area contributed by atoms with E-state index in [2.05, 4.69) is 63.8 Å². The molecule has 0 aliphatic carbocycles. The first-order valence-corrected chi connectivity index (χ1v) is 12.3. The third-order valence-electron chi connectivity index (χ3n) is 6.47. The summed E-state index contributed by atoms with van der Waals surface area (Å²) in [6, 6.07) is 13.9. The minimum absolute atomic E-state index is 0.575. The summed E-state index contributed by atoms with van der Waals surface area (Å²) in [5, 5.41) is 7.25. The predicted octanol–water partition coefficient (Wildman–Crippen LogP) is 4.20. The number of aromatic nitrogens is 1. The normalized spacial score (nSPS) is 18.7. The molecule has 2 aromatic heterocycles. The lowest BCUT2D eigenvalue weighted by Gasteiger charge is -2.33. The minimum atomic E-state index is 0.575. The van der Waals surface area contributed by atoms with E-state index < -0.39 is 0 Å². The van der Waals surface area contributed by atoms with Gasteiger partial charge in [-0.05, 0) is 62.0 Å². The maximum Gasteiger partial charge on any atom is 0.133 e. The Morgan fingerprint density at radius 3 is 2.71 bits per heavy atom. The van der Waals surface area contributed by atoms with E-state index in [-0.39, 0.29) is 0 Å². The monoisotopic (exact) mass is 436 g/mol. The van der Waals surface area contributed by atoms with Crippen molar-refractivity contribution < 1.29 is 4.74 Å². The first kappa shape index (κ1) is 20.9. The number of nitrogens with zero attached hydrogens (tertiary/aromatic N) is 3. The number of anilines is 1. The zero-order chi connectivity index (χ0) is 21.0. The summed E-state index contributed by atoms with van der Waals surface area (Å²) in [5.41, 5.74) is 3.65. The molecule has 2 aliphatic heterocycles. The van der Waals surface area contributed by atoms with Gasteiger partial charge in [0.25, 0.3) is 0 Å². The molecule has 0 atom stereocenters. The van der Waals surface area contributed by atoms with Gasteiger partial charge in [-0.15, -0.1) is 11.3 Å². The Labute approximate surface area is 189 Å². The molecule has 5 nitrogen and oxygen atoms in total. The van der Waals surface area contributed by atoms with Crippen molar-refractivity contribution in [2.75, 3.05) is 44.3 Å². The highest BCUT2D eigenvalue weighted by Crippen LogP contribution is 2.26. The summed E-state index contributed by atoms with van der Waals surface area (Å²) >= 11 is 1.86. The Kier molecular flexibility index (Phi) is 6.50. The van der Waals surface area contributed by atoms with Gasteiger partial charge < -0.3 is 15.0 Å². The fraction of sp³-hybridized carbons (Fsp3) is 0.480. The van der Waals surface area contributed by atoms with Crippen LogP contribution in [0.25, 0.3) is 10.9 Å². The van der Waals surface area contributed by atoms with Crippen LogP contribution in [0.15, 0.2) is 41.8 Å². The van der Waals surface area contributed by atoms with E-state index in [1.165, 1.54) is 47.3 Å². The largest absolute Gasteiger partial charge is 0.378 e. The Morgan fingerprint density at radius 1 is 1.10 bits per heavy atom. The molecule has 164 valence electrons. The second-order valence-corrected chi connectivity index (χ2v) is 9.81. The van der Waals surface area contributed by atoms with Gasteiger partial charge in [-0.25, -0.2) is 4.98 Å². The van der Waals surface area contributed by atoms with E-state index in [1.54, 1.807) is 0 Å². The molecule has 1 N–H and O–H groups in total. The Bertz CT molecular complexity index is 992. The standard InChI is InChI=1S/C25H32N4OS/c1-19-4-5-20-16-21(25(27-24(20)15-19)29-10-12-30-13-11-29)17-26-22-6-8-28(9-7-22)18-23-3-2-14-31-23/h2-5,14-16,22,26H,6-13,17-18H2,1H3. The molecule has 4 heterocycles. The average Bonchev–Trinajstić information content (AvgIpc) is 3.32. The summed E-state index contributed by atoms with van der Waals surface area (Å²) < 4.78 is 5.58. The third-order valence-corrected chi connectivity index (χ3v) is 7.33. The number of nitrogens with one attached hydrogen (secondary N) is 1. The van der Waals surface area contributed by atoms with Gasteiger partial charge in [0.1, 0.15) is 5.82 Å². The number of rotatable bonds is 6. The molecule has 5 rings (SSSR count). The Hall–Kier alpha value is -1.99. The molecular weight excluding hydrogens is 404 g/mol. The lowest BCUT2D eigenvalue weighted by atomic mass is 10.0. The van der Waals surface area contributed by atoms with Crippen LogP contribution in [0.5, 0.6) is 0 Å². The van der Waals surface area contributed by atoms with Gasteiger partial charge in [0.05, 0.1) is 18.7 Å². The highest BCUT2D eigenvalue weighted by molar-refractivity contribution is 7.09. The quantitative estimate of drug-likeness (QED) is 0.627. The van der Waals surface area contributed by atoms with Gasteiger partial charge in [0.2, 0.25) is 0 Å². The van der Waals surface area contributed by atoms with Gasteiger partial charge >= 0.3 is 0 Å². The van der Waals surface area contributed by atoms with E-state index >= 15 is 0 Å². The fourth-order valence-electron chi connectivity index (χ4n) is 4.66. The molecule has 0 spiro atoms. The van der Waals surface area contributed by atoms with Crippen molar-refractivity contribution in [3.05, 3.63) is 57.8 Å². The Morgan fingerprint density at radius 2 is 1.94 bits per heavy atom. The summed E-state index contributed by atoms with van der Waals surface area (Å²) in [4.78, 5) is 11.6. The van der Waals surface area contributed by atoms with E-state index in [9.17, 15) is 0 Å². The van der Waals surface area contributed by atoms with Crippen molar-refractivity contribution in [3.8, 4) is 0 Å². The first-order valence-electron chi connectivity index (χ1n) is 11.5. The Balaban J connectivity index is 1.26. The van der Waals surface area contributed by atoms with Crippen molar-refractivity contribution in [2.45, 2.75) is 38.9 Å². The van der Waals surface area contributed by atoms with Crippen LogP contribution in [0.3, 0.4) is 0 Å². The summed E-state index contributed by atoms with van der Waals surface area (Å²) in [6.45, 7) is 9.83. The molecule has 6 heteroatoms. The van der Waals surface area contributed by atoms with Gasteiger partial charge in [0, 0.05) is 48.0 Å². The summed E-state index contributed by atoms with van der Waals surface area (Å²) in [7, 11) is 0. The zero-order valence-electron chi connectivity index (χ0n) is 18.3. The molecule has 0 amide bonds. The number of pyridine rings is 1. The number of ether oxygens (including phenoxy) is 1. The van der Waals surface area contributed by atoms with Crippen molar-refractivity contribution in [1.29, 1.82) is 0 Å².